The smallest absolute Gasteiger partial charge is 0.260 e. The average Bonchev–Trinajstić information content (AvgIpc) is 3.22. The van der Waals surface area contributed by atoms with Gasteiger partial charge in [-0.25, -0.2) is 4.98 Å². The normalized spacial score (nSPS) is 13.8. The summed E-state index contributed by atoms with van der Waals surface area (Å²) in [4.78, 5) is 19.5. The highest BCUT2D eigenvalue weighted by atomic mass is 32.1. The molecule has 0 saturated carbocycles. The van der Waals surface area contributed by atoms with E-state index in [-0.39, 0.29) is 5.91 Å². The van der Waals surface area contributed by atoms with Gasteiger partial charge in [0, 0.05) is 40.9 Å². The van der Waals surface area contributed by atoms with E-state index in [9.17, 15) is 4.79 Å². The molecule has 3 heterocycles. The Morgan fingerprint density at radius 1 is 1.32 bits per heavy atom. The van der Waals surface area contributed by atoms with Crippen LogP contribution < -0.4 is 10.6 Å². The summed E-state index contributed by atoms with van der Waals surface area (Å²) in [6, 6.07) is 7.77. The Labute approximate surface area is 150 Å². The zero-order valence-corrected chi connectivity index (χ0v) is 15.1. The van der Waals surface area contributed by atoms with Crippen LogP contribution in [0.2, 0.25) is 0 Å². The lowest BCUT2D eigenvalue weighted by molar-refractivity contribution is 0.0984. The number of anilines is 2. The highest BCUT2D eigenvalue weighted by Gasteiger charge is 2.27. The highest BCUT2D eigenvalue weighted by Crippen LogP contribution is 2.33. The molecule has 1 amide bonds. The van der Waals surface area contributed by atoms with Crippen LogP contribution in [0.15, 0.2) is 35.8 Å². The molecule has 128 valence electrons. The first kappa shape index (κ1) is 15.9. The molecular weight excluding hydrogens is 332 g/mol. The number of carbonyl (C=O) groups is 1. The Hall–Kier alpha value is -2.60. The Morgan fingerprint density at radius 3 is 2.92 bits per heavy atom. The third-order valence-electron chi connectivity index (χ3n) is 4.80. The van der Waals surface area contributed by atoms with E-state index in [2.05, 4.69) is 4.98 Å². The summed E-state index contributed by atoms with van der Waals surface area (Å²) in [5.41, 5.74) is 11.6. The van der Waals surface area contributed by atoms with Gasteiger partial charge in [-0.15, -0.1) is 11.3 Å². The van der Waals surface area contributed by atoms with E-state index >= 15 is 0 Å². The van der Waals surface area contributed by atoms with Crippen LogP contribution in [0.5, 0.6) is 0 Å². The molecule has 6 heteroatoms. The number of hydrogen-bond donors (Lipinski definition) is 1. The van der Waals surface area contributed by atoms with Crippen LogP contribution in [0.4, 0.5) is 11.4 Å². The molecule has 2 aromatic heterocycles. The van der Waals surface area contributed by atoms with E-state index in [1.807, 2.05) is 53.0 Å². The van der Waals surface area contributed by atoms with Crippen molar-refractivity contribution in [3.63, 3.8) is 0 Å². The first-order chi connectivity index (χ1) is 12.1. The van der Waals surface area contributed by atoms with E-state index in [0.29, 0.717) is 0 Å². The number of rotatable bonds is 2. The lowest BCUT2D eigenvalue weighted by Crippen LogP contribution is -2.36. The second kappa shape index (κ2) is 6.04. The summed E-state index contributed by atoms with van der Waals surface area (Å²) in [6.07, 6.45) is 3.63. The van der Waals surface area contributed by atoms with Gasteiger partial charge < -0.3 is 10.6 Å². The number of aromatic nitrogens is 2. The van der Waals surface area contributed by atoms with Gasteiger partial charge in [0.15, 0.2) is 5.13 Å². The van der Waals surface area contributed by atoms with Crippen LogP contribution >= 0.6 is 11.3 Å². The molecule has 0 bridgehead atoms. The molecule has 0 radical (unpaired) electrons. The fourth-order valence-electron chi connectivity index (χ4n) is 3.61. The first-order valence-corrected chi connectivity index (χ1v) is 9.24. The number of amides is 1. The number of nitrogens with zero attached hydrogens (tertiary/aromatic N) is 3. The van der Waals surface area contributed by atoms with Crippen LogP contribution in [0.3, 0.4) is 0 Å². The third kappa shape index (κ3) is 2.53. The molecule has 1 aromatic carbocycles. The molecule has 0 atom stereocenters. The van der Waals surface area contributed by atoms with Crippen molar-refractivity contribution in [2.75, 3.05) is 17.2 Å². The quantitative estimate of drug-likeness (QED) is 0.715. The van der Waals surface area contributed by atoms with E-state index in [1.165, 1.54) is 0 Å². The summed E-state index contributed by atoms with van der Waals surface area (Å²) in [7, 11) is 0. The number of benzene rings is 1. The zero-order valence-electron chi connectivity index (χ0n) is 14.3. The van der Waals surface area contributed by atoms with Crippen molar-refractivity contribution in [2.24, 2.45) is 0 Å². The molecule has 4 rings (SSSR count). The summed E-state index contributed by atoms with van der Waals surface area (Å²) in [5.74, 6) is 0.0301. The number of aryl methyl sites for hydroxylation is 1. The second-order valence-electron chi connectivity index (χ2n) is 6.34. The summed E-state index contributed by atoms with van der Waals surface area (Å²) in [6.45, 7) is 4.70. The zero-order chi connectivity index (χ0) is 17.6. The van der Waals surface area contributed by atoms with Gasteiger partial charge in [-0.2, -0.15) is 0 Å². The molecule has 0 spiro atoms. The summed E-state index contributed by atoms with van der Waals surface area (Å²) >= 11 is 1.57. The predicted molar refractivity (Wildman–Crippen MR) is 102 cm³/mol. The molecule has 0 aliphatic carbocycles. The van der Waals surface area contributed by atoms with E-state index in [4.69, 9.17) is 5.73 Å². The minimum atomic E-state index is 0.0301. The number of fused-ring (bicyclic) bond motifs is 1. The van der Waals surface area contributed by atoms with E-state index < -0.39 is 0 Å². The topological polar surface area (TPSA) is 64.2 Å². The molecule has 3 aromatic rings. The van der Waals surface area contributed by atoms with Gasteiger partial charge in [-0.3, -0.25) is 9.36 Å². The number of nitrogens with two attached hydrogens (primary N) is 1. The van der Waals surface area contributed by atoms with Gasteiger partial charge in [-0.1, -0.05) is 6.07 Å². The maximum atomic E-state index is 13.3. The number of thiazole rings is 1. The van der Waals surface area contributed by atoms with E-state index in [1.54, 1.807) is 17.5 Å². The molecule has 0 fully saturated rings. The molecule has 25 heavy (non-hydrogen) atoms. The molecule has 0 saturated heterocycles. The predicted octanol–water partition coefficient (Wildman–Crippen LogP) is 3.73. The van der Waals surface area contributed by atoms with Gasteiger partial charge in [0.1, 0.15) is 0 Å². The third-order valence-corrected chi connectivity index (χ3v) is 5.56. The van der Waals surface area contributed by atoms with Crippen molar-refractivity contribution in [3.8, 4) is 5.13 Å². The first-order valence-electron chi connectivity index (χ1n) is 8.36. The van der Waals surface area contributed by atoms with Gasteiger partial charge in [0.05, 0.1) is 5.56 Å². The lowest BCUT2D eigenvalue weighted by Gasteiger charge is -2.30. The van der Waals surface area contributed by atoms with Crippen molar-refractivity contribution in [3.05, 3.63) is 58.4 Å². The maximum Gasteiger partial charge on any atom is 0.260 e. The summed E-state index contributed by atoms with van der Waals surface area (Å²) in [5, 5.41) is 2.83. The maximum absolute atomic E-state index is 13.3. The molecular formula is C19H20N4OS. The minimum absolute atomic E-state index is 0.0301. The van der Waals surface area contributed by atoms with Crippen molar-refractivity contribution in [2.45, 2.75) is 26.7 Å². The van der Waals surface area contributed by atoms with Crippen LogP contribution in [0, 0.1) is 13.8 Å². The lowest BCUT2D eigenvalue weighted by atomic mass is 9.99. The average molecular weight is 352 g/mol. The summed E-state index contributed by atoms with van der Waals surface area (Å²) < 4.78 is 2.04. The molecule has 5 nitrogen and oxygen atoms in total. The number of hydrogen-bond acceptors (Lipinski definition) is 4. The Kier molecular flexibility index (Phi) is 3.84. The van der Waals surface area contributed by atoms with Crippen LogP contribution in [0.1, 0.15) is 33.7 Å². The number of nitrogen functional groups attached to an aromatic ring is 1. The minimum Gasteiger partial charge on any atom is -0.398 e. The van der Waals surface area contributed by atoms with Gasteiger partial charge in [-0.05, 0) is 50.5 Å². The van der Waals surface area contributed by atoms with Gasteiger partial charge in [0.25, 0.3) is 5.91 Å². The monoisotopic (exact) mass is 352 g/mol. The second-order valence-corrected chi connectivity index (χ2v) is 7.21. The van der Waals surface area contributed by atoms with Crippen LogP contribution in [-0.2, 0) is 6.42 Å². The Balaban J connectivity index is 1.77. The molecule has 0 unspecified atom stereocenters. The standard InChI is InChI=1S/C19H20N4OS/c1-12-11-15(13(2)23(12)19-21-8-10-25-19)18(24)22-9-4-5-14-16(20)6-3-7-17(14)22/h3,6-8,10-11H,4-5,9,20H2,1-2H3. The Bertz CT molecular complexity index is 943. The SMILES string of the molecule is Cc1cc(C(=O)N2CCCc3c(N)cccc32)c(C)n1-c1nccs1. The van der Waals surface area contributed by atoms with Crippen molar-refractivity contribution >= 4 is 28.6 Å². The van der Waals surface area contributed by atoms with Crippen LogP contribution in [0.25, 0.3) is 5.13 Å². The van der Waals surface area contributed by atoms with Crippen LogP contribution in [-0.4, -0.2) is 22.0 Å². The van der Waals surface area contributed by atoms with E-state index in [0.717, 1.165) is 58.4 Å². The van der Waals surface area contributed by atoms with Gasteiger partial charge >= 0.3 is 0 Å². The molecule has 1 aliphatic heterocycles. The fraction of sp³-hybridized carbons (Fsp3) is 0.263. The largest absolute Gasteiger partial charge is 0.398 e. The van der Waals surface area contributed by atoms with Crippen molar-refractivity contribution in [1.82, 2.24) is 9.55 Å². The highest BCUT2D eigenvalue weighted by molar-refractivity contribution is 7.12. The van der Waals surface area contributed by atoms with Crippen molar-refractivity contribution < 1.29 is 4.79 Å². The molecule has 2 N–H and O–H groups in total. The van der Waals surface area contributed by atoms with Crippen molar-refractivity contribution in [1.29, 1.82) is 0 Å². The van der Waals surface area contributed by atoms with Gasteiger partial charge in [0.2, 0.25) is 0 Å². The number of carbonyl (C=O) groups excluding carboxylic acids is 1. The Morgan fingerprint density at radius 2 is 2.16 bits per heavy atom. The molecule has 1 aliphatic rings. The fourth-order valence-corrected chi connectivity index (χ4v) is 4.36.